The minimum absolute atomic E-state index is 0.0966. The lowest BCUT2D eigenvalue weighted by Crippen LogP contribution is -2.45. The van der Waals surface area contributed by atoms with Crippen LogP contribution >= 0.6 is 0 Å². The Bertz CT molecular complexity index is 678. The van der Waals surface area contributed by atoms with E-state index in [4.69, 9.17) is 9.47 Å². The van der Waals surface area contributed by atoms with Crippen LogP contribution in [0.25, 0.3) is 0 Å². The zero-order valence-electron chi connectivity index (χ0n) is 13.7. The fraction of sp³-hybridized carbons (Fsp3) is 0.450. The summed E-state index contributed by atoms with van der Waals surface area (Å²) in [6.45, 7) is 0.591. The maximum atomic E-state index is 10.8. The largest absolute Gasteiger partial charge is 0.474 e. The molecular formula is C20H23NO3. The van der Waals surface area contributed by atoms with E-state index in [1.165, 1.54) is 6.42 Å². The number of pyridine rings is 1. The standard InChI is InChI=1S/C20H23NO3/c22-20(12-18(13-20)23-14-15-5-2-1-3-6-15)16-9-10-21-19(11-16)24-17-7-4-8-17/h1-3,5-6,9-11,17-18,22H,4,7-8,12-14H2/t18-,20+. The molecule has 2 fully saturated rings. The molecule has 4 rings (SSSR count). The molecule has 1 aromatic carbocycles. The van der Waals surface area contributed by atoms with E-state index < -0.39 is 5.60 Å². The topological polar surface area (TPSA) is 51.6 Å². The van der Waals surface area contributed by atoms with Crippen molar-refractivity contribution in [2.75, 3.05) is 0 Å². The zero-order chi connectivity index (χ0) is 16.4. The molecule has 1 aromatic heterocycles. The third-order valence-electron chi connectivity index (χ3n) is 5.07. The van der Waals surface area contributed by atoms with E-state index in [1.807, 2.05) is 30.3 Å². The number of aromatic nitrogens is 1. The van der Waals surface area contributed by atoms with Crippen molar-refractivity contribution in [2.24, 2.45) is 0 Å². The maximum absolute atomic E-state index is 10.8. The van der Waals surface area contributed by atoms with E-state index in [9.17, 15) is 5.11 Å². The predicted molar refractivity (Wildman–Crippen MR) is 90.7 cm³/mol. The fourth-order valence-corrected chi connectivity index (χ4v) is 3.26. The van der Waals surface area contributed by atoms with Gasteiger partial charge in [-0.1, -0.05) is 30.3 Å². The van der Waals surface area contributed by atoms with Gasteiger partial charge in [0.2, 0.25) is 5.88 Å². The average molecular weight is 325 g/mol. The monoisotopic (exact) mass is 325 g/mol. The molecule has 0 spiro atoms. The first-order valence-electron chi connectivity index (χ1n) is 8.72. The minimum Gasteiger partial charge on any atom is -0.474 e. The van der Waals surface area contributed by atoms with Crippen LogP contribution < -0.4 is 4.74 Å². The van der Waals surface area contributed by atoms with Crippen molar-refractivity contribution in [1.82, 2.24) is 4.98 Å². The molecule has 126 valence electrons. The number of nitrogens with zero attached hydrogens (tertiary/aromatic N) is 1. The van der Waals surface area contributed by atoms with Crippen molar-refractivity contribution in [2.45, 2.75) is 56.5 Å². The van der Waals surface area contributed by atoms with E-state index in [2.05, 4.69) is 17.1 Å². The molecule has 2 aliphatic carbocycles. The summed E-state index contributed by atoms with van der Waals surface area (Å²) >= 11 is 0. The SMILES string of the molecule is O[C@]1(c2ccnc(OC3CCC3)c2)C[C@H](OCc2ccccc2)C1. The first-order chi connectivity index (χ1) is 11.7. The summed E-state index contributed by atoms with van der Waals surface area (Å²) in [6.07, 6.45) is 6.79. The number of hydrogen-bond acceptors (Lipinski definition) is 4. The van der Waals surface area contributed by atoms with E-state index in [0.717, 1.165) is 24.0 Å². The first kappa shape index (κ1) is 15.6. The van der Waals surface area contributed by atoms with Crippen LogP contribution in [0.15, 0.2) is 48.7 Å². The second kappa shape index (κ2) is 6.54. The number of aliphatic hydroxyl groups is 1. The number of rotatable bonds is 6. The number of ether oxygens (including phenoxy) is 2. The molecule has 4 nitrogen and oxygen atoms in total. The highest BCUT2D eigenvalue weighted by molar-refractivity contribution is 5.29. The minimum atomic E-state index is -0.817. The van der Waals surface area contributed by atoms with Crippen LogP contribution in [0.1, 0.15) is 43.2 Å². The zero-order valence-corrected chi connectivity index (χ0v) is 13.7. The summed E-state index contributed by atoms with van der Waals surface area (Å²) in [5.74, 6) is 0.624. The Balaban J connectivity index is 1.33. The lowest BCUT2D eigenvalue weighted by molar-refractivity contribution is -0.149. The number of hydrogen-bond donors (Lipinski definition) is 1. The van der Waals surface area contributed by atoms with Gasteiger partial charge in [-0.2, -0.15) is 0 Å². The Hall–Kier alpha value is -1.91. The predicted octanol–water partition coefficient (Wildman–Crippen LogP) is 3.58. The summed E-state index contributed by atoms with van der Waals surface area (Å²) in [5.41, 5.74) is 1.22. The molecule has 0 aliphatic heterocycles. The summed E-state index contributed by atoms with van der Waals surface area (Å²) in [4.78, 5) is 4.26. The van der Waals surface area contributed by atoms with Gasteiger partial charge in [-0.15, -0.1) is 0 Å². The molecule has 0 bridgehead atoms. The van der Waals surface area contributed by atoms with Crippen molar-refractivity contribution < 1.29 is 14.6 Å². The van der Waals surface area contributed by atoms with Gasteiger partial charge in [0.05, 0.1) is 18.3 Å². The quantitative estimate of drug-likeness (QED) is 0.882. The fourth-order valence-electron chi connectivity index (χ4n) is 3.26. The third kappa shape index (κ3) is 3.30. The third-order valence-corrected chi connectivity index (χ3v) is 5.07. The molecule has 0 radical (unpaired) electrons. The molecule has 1 heterocycles. The van der Waals surface area contributed by atoms with Gasteiger partial charge in [-0.25, -0.2) is 4.98 Å². The Morgan fingerprint density at radius 3 is 2.58 bits per heavy atom. The van der Waals surface area contributed by atoms with Crippen LogP contribution in [0.4, 0.5) is 0 Å². The van der Waals surface area contributed by atoms with Crippen LogP contribution in [-0.4, -0.2) is 22.3 Å². The van der Waals surface area contributed by atoms with Crippen molar-refractivity contribution in [3.63, 3.8) is 0 Å². The highest BCUT2D eigenvalue weighted by Crippen LogP contribution is 2.44. The molecule has 0 atom stereocenters. The van der Waals surface area contributed by atoms with Crippen molar-refractivity contribution >= 4 is 0 Å². The average Bonchev–Trinajstić information content (AvgIpc) is 2.55. The summed E-state index contributed by atoms with van der Waals surface area (Å²) in [7, 11) is 0. The van der Waals surface area contributed by atoms with E-state index in [1.54, 1.807) is 6.20 Å². The van der Waals surface area contributed by atoms with E-state index in [-0.39, 0.29) is 6.10 Å². The Morgan fingerprint density at radius 1 is 1.08 bits per heavy atom. The Labute approximate surface area is 142 Å². The number of benzene rings is 1. The lowest BCUT2D eigenvalue weighted by Gasteiger charge is -2.43. The molecule has 2 saturated carbocycles. The molecule has 1 N–H and O–H groups in total. The van der Waals surface area contributed by atoms with Crippen LogP contribution in [0.2, 0.25) is 0 Å². The van der Waals surface area contributed by atoms with Gasteiger partial charge in [0.1, 0.15) is 6.10 Å². The maximum Gasteiger partial charge on any atom is 0.213 e. The molecular weight excluding hydrogens is 302 g/mol. The van der Waals surface area contributed by atoms with Crippen LogP contribution in [0, 0.1) is 0 Å². The molecule has 4 heteroatoms. The molecule has 0 saturated heterocycles. The van der Waals surface area contributed by atoms with Gasteiger partial charge in [-0.05, 0) is 36.5 Å². The van der Waals surface area contributed by atoms with E-state index >= 15 is 0 Å². The lowest BCUT2D eigenvalue weighted by atomic mass is 9.73. The van der Waals surface area contributed by atoms with Gasteiger partial charge in [0, 0.05) is 25.1 Å². The van der Waals surface area contributed by atoms with E-state index in [0.29, 0.717) is 31.4 Å². The smallest absolute Gasteiger partial charge is 0.213 e. The van der Waals surface area contributed by atoms with Gasteiger partial charge in [0.25, 0.3) is 0 Å². The van der Waals surface area contributed by atoms with Gasteiger partial charge in [0.15, 0.2) is 0 Å². The van der Waals surface area contributed by atoms with Crippen molar-refractivity contribution in [3.05, 3.63) is 59.8 Å². The second-order valence-electron chi connectivity index (χ2n) is 6.91. The normalized spacial score (nSPS) is 26.5. The molecule has 24 heavy (non-hydrogen) atoms. The van der Waals surface area contributed by atoms with Crippen LogP contribution in [0.3, 0.4) is 0 Å². The Morgan fingerprint density at radius 2 is 1.88 bits per heavy atom. The molecule has 2 aliphatic rings. The molecule has 0 amide bonds. The summed E-state index contributed by atoms with van der Waals surface area (Å²) in [6, 6.07) is 13.9. The van der Waals surface area contributed by atoms with Gasteiger partial charge >= 0.3 is 0 Å². The van der Waals surface area contributed by atoms with Crippen LogP contribution in [-0.2, 0) is 16.9 Å². The second-order valence-corrected chi connectivity index (χ2v) is 6.91. The summed E-state index contributed by atoms with van der Waals surface area (Å²) in [5, 5.41) is 10.8. The first-order valence-corrected chi connectivity index (χ1v) is 8.72. The van der Waals surface area contributed by atoms with Gasteiger partial charge in [-0.3, -0.25) is 0 Å². The van der Waals surface area contributed by atoms with Gasteiger partial charge < -0.3 is 14.6 Å². The van der Waals surface area contributed by atoms with Crippen molar-refractivity contribution in [1.29, 1.82) is 0 Å². The molecule has 2 aromatic rings. The molecule has 0 unspecified atom stereocenters. The van der Waals surface area contributed by atoms with Crippen LogP contribution in [0.5, 0.6) is 5.88 Å². The van der Waals surface area contributed by atoms with Crippen molar-refractivity contribution in [3.8, 4) is 5.88 Å². The highest BCUT2D eigenvalue weighted by Gasteiger charge is 2.45. The highest BCUT2D eigenvalue weighted by atomic mass is 16.5. The summed E-state index contributed by atoms with van der Waals surface area (Å²) < 4.78 is 11.7. The Kier molecular flexibility index (Phi) is 4.25.